The minimum absolute atomic E-state index is 0.0744. The predicted octanol–water partition coefficient (Wildman–Crippen LogP) is 1.86. The fourth-order valence-electron chi connectivity index (χ4n) is 3.26. The smallest absolute Gasteiger partial charge is 0.268 e. The topological polar surface area (TPSA) is 62.9 Å². The maximum atomic E-state index is 12.3. The number of Topliss-reactive ketones (excluding diaryl/α,β-unsaturated/α-hetero) is 1. The molecule has 0 N–H and O–H groups in total. The first kappa shape index (κ1) is 14.9. The standard InChI is InChI=1S/C19H11BrN2O2/c1-22-9-12-7-17(20)14-6-11-4-13(23)3-2-10(11)5-15(14)18(12)16(8-21)19(22)24/h2,4-7,9H,3H2,1H3. The molecule has 24 heavy (non-hydrogen) atoms. The van der Waals surface area contributed by atoms with Gasteiger partial charge in [-0.3, -0.25) is 9.59 Å². The van der Waals surface area contributed by atoms with Crippen LogP contribution in [-0.2, 0) is 11.8 Å². The van der Waals surface area contributed by atoms with E-state index in [2.05, 4.69) is 22.0 Å². The van der Waals surface area contributed by atoms with Crippen molar-refractivity contribution in [2.24, 2.45) is 7.05 Å². The van der Waals surface area contributed by atoms with E-state index in [0.717, 1.165) is 31.1 Å². The van der Waals surface area contributed by atoms with Crippen LogP contribution in [0.1, 0.15) is 12.0 Å². The number of aromatic nitrogens is 1. The summed E-state index contributed by atoms with van der Waals surface area (Å²) in [6.45, 7) is 0. The van der Waals surface area contributed by atoms with Crippen molar-refractivity contribution in [2.75, 3.05) is 0 Å². The zero-order chi connectivity index (χ0) is 17.0. The number of aryl methyl sites for hydroxylation is 1. The highest BCUT2D eigenvalue weighted by Crippen LogP contribution is 2.31. The number of nitriles is 1. The van der Waals surface area contributed by atoms with Crippen molar-refractivity contribution in [3.63, 3.8) is 0 Å². The fraction of sp³-hybridized carbons (Fsp3) is 0.105. The van der Waals surface area contributed by atoms with Crippen LogP contribution in [0.4, 0.5) is 0 Å². The van der Waals surface area contributed by atoms with Crippen LogP contribution in [0.25, 0.3) is 33.7 Å². The van der Waals surface area contributed by atoms with Gasteiger partial charge in [-0.2, -0.15) is 5.26 Å². The Morgan fingerprint density at radius 3 is 2.67 bits per heavy atom. The number of nitrogens with zero attached hydrogens (tertiary/aromatic N) is 2. The predicted molar refractivity (Wildman–Crippen MR) is 96.9 cm³/mol. The Balaban J connectivity index is 2.34. The molecule has 0 aliphatic heterocycles. The van der Waals surface area contributed by atoms with Crippen molar-refractivity contribution in [3.05, 3.63) is 55.2 Å². The zero-order valence-corrected chi connectivity index (χ0v) is 14.3. The Morgan fingerprint density at radius 1 is 1.17 bits per heavy atom. The van der Waals surface area contributed by atoms with Gasteiger partial charge in [-0.25, -0.2) is 0 Å². The van der Waals surface area contributed by atoms with Gasteiger partial charge in [-0.15, -0.1) is 0 Å². The van der Waals surface area contributed by atoms with Crippen LogP contribution in [0.3, 0.4) is 0 Å². The Labute approximate surface area is 145 Å². The molecule has 0 saturated carbocycles. The molecule has 1 heterocycles. The number of carbonyl (C=O) groups is 1. The molecular formula is C19H11BrN2O2. The van der Waals surface area contributed by atoms with Crippen LogP contribution in [0, 0.1) is 11.3 Å². The van der Waals surface area contributed by atoms with Gasteiger partial charge in [0.05, 0.1) is 0 Å². The van der Waals surface area contributed by atoms with Gasteiger partial charge in [0.25, 0.3) is 5.56 Å². The Bertz CT molecular complexity index is 1290. The van der Waals surface area contributed by atoms with E-state index < -0.39 is 0 Å². The van der Waals surface area contributed by atoms with Gasteiger partial charge >= 0.3 is 0 Å². The van der Waals surface area contributed by atoms with Crippen molar-refractivity contribution in [3.8, 4) is 6.07 Å². The lowest BCUT2D eigenvalue weighted by atomic mass is 9.96. The SMILES string of the molecule is Cn1cc2cc(Br)c3cc4c(cc3c2c(C#N)c1=O)=CCC(=O)C=4. The molecule has 2 aromatic carbocycles. The summed E-state index contributed by atoms with van der Waals surface area (Å²) in [5, 5.41) is 14.5. The highest BCUT2D eigenvalue weighted by atomic mass is 79.9. The van der Waals surface area contributed by atoms with Crippen LogP contribution < -0.4 is 16.0 Å². The molecule has 0 atom stereocenters. The van der Waals surface area contributed by atoms with Gasteiger partial charge in [0.1, 0.15) is 11.6 Å². The number of rotatable bonds is 0. The molecule has 0 spiro atoms. The van der Waals surface area contributed by atoms with E-state index in [1.807, 2.05) is 24.3 Å². The molecule has 0 unspecified atom stereocenters. The first-order chi connectivity index (χ1) is 11.5. The van der Waals surface area contributed by atoms with Crippen LogP contribution in [0.2, 0.25) is 0 Å². The molecule has 5 heteroatoms. The van der Waals surface area contributed by atoms with Crippen LogP contribution in [-0.4, -0.2) is 10.4 Å². The lowest BCUT2D eigenvalue weighted by Gasteiger charge is -2.11. The minimum Gasteiger partial charge on any atom is -0.317 e. The maximum absolute atomic E-state index is 12.3. The Hall–Kier alpha value is -2.71. The highest BCUT2D eigenvalue weighted by Gasteiger charge is 2.14. The quantitative estimate of drug-likeness (QED) is 0.561. The zero-order valence-electron chi connectivity index (χ0n) is 12.8. The third-order valence-corrected chi connectivity index (χ3v) is 5.05. The summed E-state index contributed by atoms with van der Waals surface area (Å²) >= 11 is 3.57. The third-order valence-electron chi connectivity index (χ3n) is 4.39. The largest absolute Gasteiger partial charge is 0.317 e. The number of ketones is 1. The molecule has 1 aliphatic rings. The first-order valence-corrected chi connectivity index (χ1v) is 8.19. The summed E-state index contributed by atoms with van der Waals surface area (Å²) in [7, 11) is 1.64. The summed E-state index contributed by atoms with van der Waals surface area (Å²) in [5.74, 6) is 0.0744. The van der Waals surface area contributed by atoms with Crippen molar-refractivity contribution >= 4 is 55.4 Å². The number of fused-ring (bicyclic) bond motifs is 4. The molecule has 3 aromatic rings. The molecule has 4 nitrogen and oxygen atoms in total. The molecule has 1 aliphatic carbocycles. The molecule has 0 amide bonds. The van der Waals surface area contributed by atoms with Crippen molar-refractivity contribution < 1.29 is 4.79 Å². The van der Waals surface area contributed by atoms with Gasteiger partial charge in [0, 0.05) is 34.9 Å². The monoisotopic (exact) mass is 378 g/mol. The van der Waals surface area contributed by atoms with Gasteiger partial charge in [-0.05, 0) is 45.5 Å². The summed E-state index contributed by atoms with van der Waals surface area (Å²) in [6.07, 6.45) is 5.64. The number of carbonyl (C=O) groups excluding carboxylic acids is 1. The van der Waals surface area contributed by atoms with E-state index in [1.165, 1.54) is 4.57 Å². The number of hydrogen-bond acceptors (Lipinski definition) is 3. The molecule has 116 valence electrons. The normalized spacial score (nSPS) is 13.3. The molecule has 0 saturated heterocycles. The lowest BCUT2D eigenvalue weighted by Crippen LogP contribution is -2.29. The van der Waals surface area contributed by atoms with E-state index in [1.54, 1.807) is 19.3 Å². The molecule has 4 rings (SSSR count). The number of halogens is 1. The number of hydrogen-bond donors (Lipinski definition) is 0. The third kappa shape index (κ3) is 2.04. The van der Waals surface area contributed by atoms with Gasteiger partial charge in [-0.1, -0.05) is 22.0 Å². The second-order valence-corrected chi connectivity index (χ2v) is 6.75. The molecule has 0 bridgehead atoms. The molecule has 0 fully saturated rings. The average molecular weight is 379 g/mol. The molecular weight excluding hydrogens is 368 g/mol. The van der Waals surface area contributed by atoms with Gasteiger partial charge in [0.15, 0.2) is 5.78 Å². The van der Waals surface area contributed by atoms with Gasteiger partial charge in [0.2, 0.25) is 0 Å². The van der Waals surface area contributed by atoms with Crippen molar-refractivity contribution in [1.82, 2.24) is 4.57 Å². The average Bonchev–Trinajstić information content (AvgIpc) is 2.55. The number of benzene rings is 2. The minimum atomic E-state index is -0.308. The fourth-order valence-corrected chi connectivity index (χ4v) is 3.83. The van der Waals surface area contributed by atoms with E-state index >= 15 is 0 Å². The lowest BCUT2D eigenvalue weighted by molar-refractivity contribution is -0.112. The van der Waals surface area contributed by atoms with Crippen molar-refractivity contribution in [2.45, 2.75) is 6.42 Å². The summed E-state index contributed by atoms with van der Waals surface area (Å²) in [6, 6.07) is 7.85. The van der Waals surface area contributed by atoms with Crippen LogP contribution in [0.5, 0.6) is 0 Å². The Morgan fingerprint density at radius 2 is 1.92 bits per heavy atom. The molecule has 1 aromatic heterocycles. The van der Waals surface area contributed by atoms with E-state index in [9.17, 15) is 14.9 Å². The van der Waals surface area contributed by atoms with E-state index in [0.29, 0.717) is 11.8 Å². The molecule has 0 radical (unpaired) electrons. The van der Waals surface area contributed by atoms with E-state index in [4.69, 9.17) is 0 Å². The van der Waals surface area contributed by atoms with Crippen LogP contribution >= 0.6 is 15.9 Å². The van der Waals surface area contributed by atoms with Crippen molar-refractivity contribution in [1.29, 1.82) is 5.26 Å². The summed E-state index contributed by atoms with van der Waals surface area (Å²) in [5.41, 5.74) is -0.166. The van der Waals surface area contributed by atoms with E-state index in [-0.39, 0.29) is 16.9 Å². The second kappa shape index (κ2) is 5.15. The highest BCUT2D eigenvalue weighted by molar-refractivity contribution is 9.10. The summed E-state index contributed by atoms with van der Waals surface area (Å²) < 4.78 is 2.29. The summed E-state index contributed by atoms with van der Waals surface area (Å²) in [4.78, 5) is 24.0. The maximum Gasteiger partial charge on any atom is 0.268 e. The number of pyridine rings is 1. The Kier molecular flexibility index (Phi) is 3.19. The van der Waals surface area contributed by atoms with Crippen LogP contribution in [0.15, 0.2) is 33.7 Å². The first-order valence-electron chi connectivity index (χ1n) is 7.40. The second-order valence-electron chi connectivity index (χ2n) is 5.90. The van der Waals surface area contributed by atoms with Gasteiger partial charge < -0.3 is 4.57 Å².